The maximum atomic E-state index is 12.4. The predicted molar refractivity (Wildman–Crippen MR) is 84.9 cm³/mol. The molecule has 3 nitrogen and oxygen atoms in total. The zero-order valence-electron chi connectivity index (χ0n) is 12.1. The van der Waals surface area contributed by atoms with E-state index in [1.165, 1.54) is 18.2 Å². The number of carbonyl (C=O) groups is 1. The minimum absolute atomic E-state index is 0.0538. The molecule has 1 saturated heterocycles. The van der Waals surface area contributed by atoms with Gasteiger partial charge in [-0.05, 0) is 37.1 Å². The molecular weight excluding hydrogens is 356 g/mol. The highest BCUT2D eigenvalue weighted by Crippen LogP contribution is 2.26. The fourth-order valence-electron chi connectivity index (χ4n) is 2.41. The molecule has 0 bridgehead atoms. The molecule has 0 aliphatic carbocycles. The van der Waals surface area contributed by atoms with Gasteiger partial charge < -0.3 is 9.64 Å². The molecule has 0 spiro atoms. The van der Waals surface area contributed by atoms with Crippen molar-refractivity contribution in [3.8, 4) is 5.75 Å². The van der Waals surface area contributed by atoms with E-state index in [4.69, 9.17) is 0 Å². The van der Waals surface area contributed by atoms with Gasteiger partial charge >= 0.3 is 6.61 Å². The molecule has 120 valence electrons. The zero-order valence-corrected chi connectivity index (χ0v) is 13.7. The third-order valence-electron chi connectivity index (χ3n) is 3.51. The monoisotopic (exact) mass is 373 g/mol. The van der Waals surface area contributed by atoms with Crippen molar-refractivity contribution < 1.29 is 18.3 Å². The molecule has 0 N–H and O–H groups in total. The van der Waals surface area contributed by atoms with Crippen LogP contribution in [0.1, 0.15) is 31.2 Å². The second-order valence-electron chi connectivity index (χ2n) is 5.13. The molecule has 0 atom stereocenters. The van der Waals surface area contributed by atoms with Gasteiger partial charge in [-0.1, -0.05) is 28.8 Å². The molecule has 0 saturated carbocycles. The Morgan fingerprint density at radius 3 is 2.55 bits per heavy atom. The summed E-state index contributed by atoms with van der Waals surface area (Å²) in [5.74, 6) is -0.0389. The van der Waals surface area contributed by atoms with E-state index >= 15 is 0 Å². The van der Waals surface area contributed by atoms with E-state index in [2.05, 4.69) is 20.7 Å². The molecule has 1 aliphatic rings. The highest BCUT2D eigenvalue weighted by molar-refractivity contribution is 9.10. The number of hydrogen-bond donors (Lipinski definition) is 0. The number of amides is 1. The molecule has 0 unspecified atom stereocenters. The van der Waals surface area contributed by atoms with Crippen molar-refractivity contribution >= 4 is 27.9 Å². The number of benzene rings is 1. The van der Waals surface area contributed by atoms with Gasteiger partial charge in [-0.25, -0.2) is 0 Å². The van der Waals surface area contributed by atoms with Crippen LogP contribution in [0.4, 0.5) is 8.78 Å². The van der Waals surface area contributed by atoms with Gasteiger partial charge in [0.05, 0.1) is 0 Å². The number of halogens is 3. The lowest BCUT2D eigenvalue weighted by Crippen LogP contribution is -2.30. The third-order valence-corrected chi connectivity index (χ3v) is 4.00. The number of carbonyl (C=O) groups excluding carboxylic acids is 1. The lowest BCUT2D eigenvalue weighted by molar-refractivity contribution is -0.125. The van der Waals surface area contributed by atoms with Crippen LogP contribution in [0.2, 0.25) is 0 Å². The van der Waals surface area contributed by atoms with Crippen LogP contribution in [0.25, 0.3) is 6.08 Å². The van der Waals surface area contributed by atoms with E-state index in [1.54, 1.807) is 17.0 Å². The fourth-order valence-corrected chi connectivity index (χ4v) is 2.79. The Balaban J connectivity index is 2.10. The smallest absolute Gasteiger partial charge is 0.387 e. The van der Waals surface area contributed by atoms with Gasteiger partial charge in [0.2, 0.25) is 5.91 Å². The average Bonchev–Trinajstić information content (AvgIpc) is 2.76. The summed E-state index contributed by atoms with van der Waals surface area (Å²) in [7, 11) is 0. The van der Waals surface area contributed by atoms with E-state index < -0.39 is 6.61 Å². The SMILES string of the molecule is O=C(/C=C/c1cc(Br)ccc1OC(F)F)N1CCCCCC1. The van der Waals surface area contributed by atoms with E-state index in [1.807, 2.05) is 0 Å². The summed E-state index contributed by atoms with van der Waals surface area (Å²) in [6.45, 7) is -1.39. The van der Waals surface area contributed by atoms with Gasteiger partial charge in [0.25, 0.3) is 0 Å². The maximum Gasteiger partial charge on any atom is 0.387 e. The maximum absolute atomic E-state index is 12.4. The summed E-state index contributed by atoms with van der Waals surface area (Å²) in [5, 5.41) is 0. The standard InChI is InChI=1S/C16H18BrF2NO2/c17-13-6-7-14(22-16(18)19)12(11-13)5-8-15(21)20-9-3-1-2-4-10-20/h5-8,11,16H,1-4,9-10H2/b8-5+. The van der Waals surface area contributed by atoms with Crippen LogP contribution in [-0.4, -0.2) is 30.5 Å². The van der Waals surface area contributed by atoms with Crippen molar-refractivity contribution in [1.29, 1.82) is 0 Å². The number of likely N-dealkylation sites (tertiary alicyclic amines) is 1. The van der Waals surface area contributed by atoms with Gasteiger partial charge in [0.1, 0.15) is 5.75 Å². The van der Waals surface area contributed by atoms with Gasteiger partial charge in [0.15, 0.2) is 0 Å². The summed E-state index contributed by atoms with van der Waals surface area (Å²) >= 11 is 3.28. The zero-order chi connectivity index (χ0) is 15.9. The first-order valence-corrected chi connectivity index (χ1v) is 8.07. The van der Waals surface area contributed by atoms with Crippen LogP contribution in [0.5, 0.6) is 5.75 Å². The van der Waals surface area contributed by atoms with Crippen molar-refractivity contribution in [2.45, 2.75) is 32.3 Å². The minimum Gasteiger partial charge on any atom is -0.434 e. The van der Waals surface area contributed by atoms with Gasteiger partial charge in [-0.3, -0.25) is 4.79 Å². The Labute approximate surface area is 137 Å². The van der Waals surface area contributed by atoms with E-state index in [0.717, 1.165) is 43.2 Å². The Kier molecular flexibility index (Phi) is 6.36. The number of ether oxygens (including phenoxy) is 1. The summed E-state index contributed by atoms with van der Waals surface area (Å²) in [6.07, 6.45) is 7.25. The summed E-state index contributed by atoms with van der Waals surface area (Å²) in [5.41, 5.74) is 0.442. The number of nitrogens with zero attached hydrogens (tertiary/aromatic N) is 1. The van der Waals surface area contributed by atoms with Crippen LogP contribution in [-0.2, 0) is 4.79 Å². The number of hydrogen-bond acceptors (Lipinski definition) is 2. The molecule has 1 fully saturated rings. The molecule has 22 heavy (non-hydrogen) atoms. The number of alkyl halides is 2. The molecule has 0 aromatic heterocycles. The molecule has 1 aromatic carbocycles. The first-order chi connectivity index (χ1) is 10.6. The van der Waals surface area contributed by atoms with E-state index in [9.17, 15) is 13.6 Å². The molecule has 1 amide bonds. The summed E-state index contributed by atoms with van der Waals surface area (Å²) < 4.78 is 30.0. The second-order valence-corrected chi connectivity index (χ2v) is 6.05. The molecule has 1 aromatic rings. The summed E-state index contributed by atoms with van der Waals surface area (Å²) in [4.78, 5) is 14.0. The van der Waals surface area contributed by atoms with Crippen molar-refractivity contribution in [3.63, 3.8) is 0 Å². The lowest BCUT2D eigenvalue weighted by Gasteiger charge is -2.18. The first-order valence-electron chi connectivity index (χ1n) is 7.27. The molecule has 0 radical (unpaired) electrons. The average molecular weight is 374 g/mol. The van der Waals surface area contributed by atoms with E-state index in [-0.39, 0.29) is 11.7 Å². The van der Waals surface area contributed by atoms with E-state index in [0.29, 0.717) is 5.56 Å². The van der Waals surface area contributed by atoms with Gasteiger partial charge in [0, 0.05) is 29.2 Å². The van der Waals surface area contributed by atoms with Crippen LogP contribution in [0, 0.1) is 0 Å². The fraction of sp³-hybridized carbons (Fsp3) is 0.438. The molecule has 2 rings (SSSR count). The van der Waals surface area contributed by atoms with Gasteiger partial charge in [-0.15, -0.1) is 0 Å². The largest absolute Gasteiger partial charge is 0.434 e. The Morgan fingerprint density at radius 2 is 1.91 bits per heavy atom. The third kappa shape index (κ3) is 5.09. The molecule has 1 heterocycles. The lowest BCUT2D eigenvalue weighted by atomic mass is 10.2. The highest BCUT2D eigenvalue weighted by atomic mass is 79.9. The Bertz CT molecular complexity index is 541. The van der Waals surface area contributed by atoms with Crippen molar-refractivity contribution in [2.75, 3.05) is 13.1 Å². The van der Waals surface area contributed by atoms with Crippen molar-refractivity contribution in [3.05, 3.63) is 34.3 Å². The second kappa shape index (κ2) is 8.27. The van der Waals surface area contributed by atoms with Crippen molar-refractivity contribution in [2.24, 2.45) is 0 Å². The van der Waals surface area contributed by atoms with Crippen LogP contribution >= 0.6 is 15.9 Å². The minimum atomic E-state index is -2.89. The summed E-state index contributed by atoms with van der Waals surface area (Å²) in [6, 6.07) is 4.71. The first kappa shape index (κ1) is 16.9. The molecule has 1 aliphatic heterocycles. The van der Waals surface area contributed by atoms with Gasteiger partial charge in [-0.2, -0.15) is 8.78 Å². The quantitative estimate of drug-likeness (QED) is 0.728. The van der Waals surface area contributed by atoms with Crippen LogP contribution in [0.3, 0.4) is 0 Å². The predicted octanol–water partition coefficient (Wildman–Crippen LogP) is 4.47. The molecule has 6 heteroatoms. The Morgan fingerprint density at radius 1 is 1.23 bits per heavy atom. The number of rotatable bonds is 4. The van der Waals surface area contributed by atoms with Crippen LogP contribution in [0.15, 0.2) is 28.7 Å². The topological polar surface area (TPSA) is 29.5 Å². The van der Waals surface area contributed by atoms with Crippen molar-refractivity contribution in [1.82, 2.24) is 4.90 Å². The normalized spacial score (nSPS) is 16.1. The molecular formula is C16H18BrF2NO2. The Hall–Kier alpha value is -1.43. The van der Waals surface area contributed by atoms with Crippen LogP contribution < -0.4 is 4.74 Å². The highest BCUT2D eigenvalue weighted by Gasteiger charge is 2.13.